The van der Waals surface area contributed by atoms with Gasteiger partial charge in [-0.05, 0) is 56.9 Å². The zero-order valence-corrected chi connectivity index (χ0v) is 19.8. The third-order valence-corrected chi connectivity index (χ3v) is 5.43. The van der Waals surface area contributed by atoms with E-state index in [9.17, 15) is 4.79 Å². The van der Waals surface area contributed by atoms with Crippen molar-refractivity contribution in [3.8, 4) is 5.75 Å². The molecule has 1 aliphatic rings. The maximum absolute atomic E-state index is 12.0. The third-order valence-electron chi connectivity index (χ3n) is 5.43. The van der Waals surface area contributed by atoms with Crippen molar-refractivity contribution >= 4 is 11.9 Å². The average Bonchev–Trinajstić information content (AvgIpc) is 3.16. The van der Waals surface area contributed by atoms with E-state index < -0.39 is 0 Å². The van der Waals surface area contributed by atoms with Crippen LogP contribution in [0, 0.1) is 6.92 Å². The van der Waals surface area contributed by atoms with Gasteiger partial charge < -0.3 is 20.3 Å². The van der Waals surface area contributed by atoms with Crippen molar-refractivity contribution in [2.75, 3.05) is 13.1 Å². The summed E-state index contributed by atoms with van der Waals surface area (Å²) >= 11 is 0. The standard InChI is InChI=1S/C26H36N4O2/c1-5-27-26(29-17-22-13-12-20(4)15-24(22)32-19(2)3)28-16-21-9-6-7-10-23(21)18-30-14-8-11-25(30)31/h6-7,9-10,12-13,15,19H,5,8,11,14,16-18H2,1-4H3,(H2,27,28,29). The van der Waals surface area contributed by atoms with Crippen LogP contribution in [0.1, 0.15) is 55.9 Å². The summed E-state index contributed by atoms with van der Waals surface area (Å²) in [5, 5.41) is 6.78. The highest BCUT2D eigenvalue weighted by Gasteiger charge is 2.20. The molecule has 0 unspecified atom stereocenters. The molecular weight excluding hydrogens is 400 g/mol. The van der Waals surface area contributed by atoms with Crippen LogP contribution in [0.2, 0.25) is 0 Å². The van der Waals surface area contributed by atoms with Gasteiger partial charge in [0.15, 0.2) is 5.96 Å². The molecule has 172 valence electrons. The van der Waals surface area contributed by atoms with E-state index in [1.165, 1.54) is 16.7 Å². The smallest absolute Gasteiger partial charge is 0.222 e. The number of carbonyl (C=O) groups is 1. The minimum Gasteiger partial charge on any atom is -0.491 e. The maximum atomic E-state index is 12.0. The molecule has 3 rings (SSSR count). The first-order valence-electron chi connectivity index (χ1n) is 11.6. The fourth-order valence-corrected chi connectivity index (χ4v) is 3.80. The molecule has 1 amide bonds. The Morgan fingerprint density at radius 1 is 1.12 bits per heavy atom. The lowest BCUT2D eigenvalue weighted by Gasteiger charge is -2.19. The number of hydrogen-bond donors (Lipinski definition) is 2. The first kappa shape index (κ1) is 23.6. The number of amides is 1. The van der Waals surface area contributed by atoms with Crippen molar-refractivity contribution in [1.82, 2.24) is 15.5 Å². The highest BCUT2D eigenvalue weighted by atomic mass is 16.5. The number of hydrogen-bond acceptors (Lipinski definition) is 3. The average molecular weight is 437 g/mol. The van der Waals surface area contributed by atoms with Crippen LogP contribution in [-0.2, 0) is 24.4 Å². The normalized spacial score (nSPS) is 14.2. The third kappa shape index (κ3) is 6.74. The number of ether oxygens (including phenoxy) is 1. The van der Waals surface area contributed by atoms with Crippen molar-refractivity contribution in [3.05, 3.63) is 64.7 Å². The van der Waals surface area contributed by atoms with Gasteiger partial charge in [0.25, 0.3) is 0 Å². The van der Waals surface area contributed by atoms with Crippen molar-refractivity contribution in [2.24, 2.45) is 4.99 Å². The number of likely N-dealkylation sites (tertiary alicyclic amines) is 1. The summed E-state index contributed by atoms with van der Waals surface area (Å²) in [6, 6.07) is 14.5. The predicted octanol–water partition coefficient (Wildman–Crippen LogP) is 4.16. The van der Waals surface area contributed by atoms with Gasteiger partial charge in [-0.3, -0.25) is 4.79 Å². The molecule has 2 aromatic rings. The second-order valence-electron chi connectivity index (χ2n) is 8.51. The van der Waals surface area contributed by atoms with Crippen LogP contribution in [-0.4, -0.2) is 36.0 Å². The Hall–Kier alpha value is -3.02. The molecule has 6 nitrogen and oxygen atoms in total. The van der Waals surface area contributed by atoms with Crippen LogP contribution >= 0.6 is 0 Å². The largest absolute Gasteiger partial charge is 0.491 e. The fourth-order valence-electron chi connectivity index (χ4n) is 3.80. The Labute approximate surface area is 192 Å². The summed E-state index contributed by atoms with van der Waals surface area (Å²) in [5.41, 5.74) is 4.59. The Morgan fingerprint density at radius 3 is 2.59 bits per heavy atom. The number of nitrogens with zero attached hydrogens (tertiary/aromatic N) is 2. The van der Waals surface area contributed by atoms with E-state index in [1.54, 1.807) is 0 Å². The second-order valence-corrected chi connectivity index (χ2v) is 8.51. The maximum Gasteiger partial charge on any atom is 0.222 e. The molecule has 2 aromatic carbocycles. The quantitative estimate of drug-likeness (QED) is 0.458. The van der Waals surface area contributed by atoms with Gasteiger partial charge in [0.05, 0.1) is 12.6 Å². The van der Waals surface area contributed by atoms with Gasteiger partial charge in [-0.25, -0.2) is 4.99 Å². The van der Waals surface area contributed by atoms with Crippen LogP contribution in [0.3, 0.4) is 0 Å². The minimum atomic E-state index is 0.116. The summed E-state index contributed by atoms with van der Waals surface area (Å²) < 4.78 is 5.99. The monoisotopic (exact) mass is 436 g/mol. The lowest BCUT2D eigenvalue weighted by atomic mass is 10.1. The molecule has 0 aliphatic carbocycles. The van der Waals surface area contributed by atoms with Gasteiger partial charge in [-0.2, -0.15) is 0 Å². The van der Waals surface area contributed by atoms with Crippen LogP contribution in [0.25, 0.3) is 0 Å². The number of benzene rings is 2. The second kappa shape index (κ2) is 11.6. The molecular formula is C26H36N4O2. The first-order valence-corrected chi connectivity index (χ1v) is 11.6. The Morgan fingerprint density at radius 2 is 1.91 bits per heavy atom. The van der Waals surface area contributed by atoms with Crippen LogP contribution in [0.15, 0.2) is 47.5 Å². The highest BCUT2D eigenvalue weighted by molar-refractivity contribution is 5.80. The molecule has 0 saturated carbocycles. The Balaban J connectivity index is 1.69. The predicted molar refractivity (Wildman–Crippen MR) is 130 cm³/mol. The molecule has 1 aliphatic heterocycles. The number of aryl methyl sites for hydroxylation is 1. The van der Waals surface area contributed by atoms with Crippen LogP contribution in [0.4, 0.5) is 0 Å². The van der Waals surface area contributed by atoms with Gasteiger partial charge in [-0.1, -0.05) is 36.4 Å². The van der Waals surface area contributed by atoms with E-state index in [4.69, 9.17) is 9.73 Å². The SMILES string of the molecule is CCNC(=NCc1ccc(C)cc1OC(C)C)NCc1ccccc1CN1CCCC1=O. The number of aliphatic imine (C=N–C) groups is 1. The van der Waals surface area contributed by atoms with Crippen molar-refractivity contribution in [2.45, 2.75) is 66.3 Å². The van der Waals surface area contributed by atoms with Gasteiger partial charge in [0, 0.05) is 38.2 Å². The Kier molecular flexibility index (Phi) is 8.54. The van der Waals surface area contributed by atoms with E-state index in [-0.39, 0.29) is 12.0 Å². The van der Waals surface area contributed by atoms with E-state index in [0.717, 1.165) is 36.8 Å². The highest BCUT2D eigenvalue weighted by Crippen LogP contribution is 2.22. The van der Waals surface area contributed by atoms with E-state index in [1.807, 2.05) is 30.9 Å². The lowest BCUT2D eigenvalue weighted by Crippen LogP contribution is -2.37. The molecule has 32 heavy (non-hydrogen) atoms. The lowest BCUT2D eigenvalue weighted by molar-refractivity contribution is -0.128. The molecule has 0 atom stereocenters. The van der Waals surface area contributed by atoms with E-state index >= 15 is 0 Å². The topological polar surface area (TPSA) is 66.0 Å². The van der Waals surface area contributed by atoms with Gasteiger partial charge >= 0.3 is 0 Å². The molecule has 2 N–H and O–H groups in total. The molecule has 1 fully saturated rings. The summed E-state index contributed by atoms with van der Waals surface area (Å²) in [6.07, 6.45) is 1.74. The number of carbonyl (C=O) groups excluding carboxylic acids is 1. The number of nitrogens with one attached hydrogen (secondary N) is 2. The van der Waals surface area contributed by atoms with E-state index in [2.05, 4.69) is 54.8 Å². The molecule has 1 heterocycles. The first-order chi connectivity index (χ1) is 15.5. The molecule has 0 spiro atoms. The zero-order chi connectivity index (χ0) is 22.9. The molecule has 6 heteroatoms. The summed E-state index contributed by atoms with van der Waals surface area (Å²) in [7, 11) is 0. The molecule has 0 radical (unpaired) electrons. The summed E-state index contributed by atoms with van der Waals surface area (Å²) in [4.78, 5) is 18.8. The Bertz CT molecular complexity index is 939. The van der Waals surface area contributed by atoms with Gasteiger partial charge in [-0.15, -0.1) is 0 Å². The number of guanidine groups is 1. The molecule has 0 aromatic heterocycles. The van der Waals surface area contributed by atoms with Gasteiger partial charge in [0.2, 0.25) is 5.91 Å². The minimum absolute atomic E-state index is 0.116. The van der Waals surface area contributed by atoms with Crippen LogP contribution < -0.4 is 15.4 Å². The van der Waals surface area contributed by atoms with Crippen molar-refractivity contribution < 1.29 is 9.53 Å². The van der Waals surface area contributed by atoms with E-state index in [0.29, 0.717) is 26.1 Å². The summed E-state index contributed by atoms with van der Waals surface area (Å²) in [6.45, 7) is 11.7. The molecule has 0 bridgehead atoms. The van der Waals surface area contributed by atoms with Gasteiger partial charge in [0.1, 0.15) is 5.75 Å². The van der Waals surface area contributed by atoms with Crippen molar-refractivity contribution in [1.29, 1.82) is 0 Å². The van der Waals surface area contributed by atoms with Crippen molar-refractivity contribution in [3.63, 3.8) is 0 Å². The zero-order valence-electron chi connectivity index (χ0n) is 19.8. The number of rotatable bonds is 9. The van der Waals surface area contributed by atoms with Crippen LogP contribution in [0.5, 0.6) is 5.75 Å². The molecule has 1 saturated heterocycles. The fraction of sp³-hybridized carbons (Fsp3) is 0.462. The summed E-state index contributed by atoms with van der Waals surface area (Å²) in [5.74, 6) is 1.90.